The molecule has 0 saturated carbocycles. The number of ether oxygens (including phenoxy) is 1. The fraction of sp³-hybridized carbons (Fsp3) is 0.158. The number of nitrogens with zero attached hydrogens (tertiary/aromatic N) is 1. The molecule has 1 N–H and O–H groups in total. The summed E-state index contributed by atoms with van der Waals surface area (Å²) >= 11 is 0. The van der Waals surface area contributed by atoms with Gasteiger partial charge in [-0.25, -0.2) is 8.42 Å². The number of carbonyl (C=O) groups excluding carboxylic acids is 1. The Morgan fingerprint density at radius 3 is 2.62 bits per heavy atom. The minimum atomic E-state index is -3.50. The first kappa shape index (κ1) is 17.9. The molecular weight excluding hydrogens is 352 g/mol. The van der Waals surface area contributed by atoms with Crippen molar-refractivity contribution in [2.75, 3.05) is 18.2 Å². The number of methoxy groups -OCH3 is 1. The van der Waals surface area contributed by atoms with Crippen LogP contribution >= 0.6 is 0 Å². The highest BCUT2D eigenvalue weighted by atomic mass is 32.2. The predicted octanol–water partition coefficient (Wildman–Crippen LogP) is 3.05. The summed E-state index contributed by atoms with van der Waals surface area (Å²) in [6.45, 7) is 0. The zero-order valence-electron chi connectivity index (χ0n) is 14.2. The number of pyridine rings is 1. The third-order valence-corrected chi connectivity index (χ3v) is 5.62. The van der Waals surface area contributed by atoms with Crippen molar-refractivity contribution in [3.63, 3.8) is 0 Å². The van der Waals surface area contributed by atoms with Crippen molar-refractivity contribution in [3.8, 4) is 5.75 Å². The van der Waals surface area contributed by atoms with Gasteiger partial charge in [0.1, 0.15) is 5.75 Å². The van der Waals surface area contributed by atoms with Crippen LogP contribution in [0.3, 0.4) is 0 Å². The summed E-state index contributed by atoms with van der Waals surface area (Å²) in [5.41, 5.74) is 1.11. The molecule has 7 heteroatoms. The zero-order valence-corrected chi connectivity index (χ0v) is 15.0. The Labute approximate surface area is 151 Å². The molecule has 0 saturated heterocycles. The van der Waals surface area contributed by atoms with Crippen LogP contribution in [0, 0.1) is 0 Å². The van der Waals surface area contributed by atoms with E-state index in [9.17, 15) is 13.2 Å². The lowest BCUT2D eigenvalue weighted by molar-refractivity contribution is -0.115. The van der Waals surface area contributed by atoms with Gasteiger partial charge in [0.15, 0.2) is 9.84 Å². The Kier molecular flexibility index (Phi) is 5.18. The molecule has 0 aliphatic heterocycles. The molecule has 0 atom stereocenters. The van der Waals surface area contributed by atoms with Crippen LogP contribution in [0.1, 0.15) is 6.42 Å². The number of benzene rings is 2. The average Bonchev–Trinajstić information content (AvgIpc) is 2.67. The smallest absolute Gasteiger partial charge is 0.225 e. The van der Waals surface area contributed by atoms with Gasteiger partial charge in [-0.1, -0.05) is 24.3 Å². The molecule has 1 amide bonds. The minimum absolute atomic E-state index is 0.150. The molecule has 6 nitrogen and oxygen atoms in total. The number of carbonyl (C=O) groups is 1. The van der Waals surface area contributed by atoms with Crippen LogP contribution in [0.15, 0.2) is 65.7 Å². The molecule has 0 fully saturated rings. The molecule has 0 bridgehead atoms. The summed E-state index contributed by atoms with van der Waals surface area (Å²) in [5, 5.41) is 3.56. The standard InChI is InChI=1S/C19H18N2O4S/c1-25-15-12-14-6-5-10-20-19(14)17(13-15)21-18(22)9-11-26(23,24)16-7-3-2-4-8-16/h2-8,10,12-13H,9,11H2,1H3,(H,21,22). The molecule has 0 unspecified atom stereocenters. The van der Waals surface area contributed by atoms with Gasteiger partial charge in [-0.05, 0) is 24.3 Å². The normalized spacial score (nSPS) is 11.3. The predicted molar refractivity (Wildman–Crippen MR) is 100 cm³/mol. The van der Waals surface area contributed by atoms with Crippen LogP contribution in [0.5, 0.6) is 5.75 Å². The number of sulfone groups is 1. The van der Waals surface area contributed by atoms with Crippen LogP contribution in [0.25, 0.3) is 10.9 Å². The third-order valence-electron chi connectivity index (χ3n) is 3.89. The topological polar surface area (TPSA) is 85.4 Å². The first-order valence-electron chi connectivity index (χ1n) is 8.00. The van der Waals surface area contributed by atoms with Gasteiger partial charge < -0.3 is 10.1 Å². The Morgan fingerprint density at radius 1 is 1.12 bits per heavy atom. The van der Waals surface area contributed by atoms with Crippen molar-refractivity contribution in [3.05, 3.63) is 60.8 Å². The average molecular weight is 370 g/mol. The Bertz CT molecular complexity index is 1030. The van der Waals surface area contributed by atoms with E-state index in [2.05, 4.69) is 10.3 Å². The molecule has 3 rings (SSSR count). The molecular formula is C19H18N2O4S. The monoisotopic (exact) mass is 370 g/mol. The van der Waals surface area contributed by atoms with Gasteiger partial charge in [0.2, 0.25) is 5.91 Å². The molecule has 3 aromatic rings. The molecule has 2 aromatic carbocycles. The lowest BCUT2D eigenvalue weighted by Gasteiger charge is -2.10. The van der Waals surface area contributed by atoms with E-state index in [1.807, 2.05) is 12.1 Å². The SMILES string of the molecule is COc1cc(NC(=O)CCS(=O)(=O)c2ccccc2)c2ncccc2c1. The molecule has 0 aliphatic carbocycles. The van der Waals surface area contributed by atoms with Gasteiger partial charge in [-0.3, -0.25) is 9.78 Å². The van der Waals surface area contributed by atoms with Crippen LogP contribution in [-0.4, -0.2) is 32.2 Å². The van der Waals surface area contributed by atoms with Crippen LogP contribution < -0.4 is 10.1 Å². The van der Waals surface area contributed by atoms with Crippen molar-refractivity contribution >= 4 is 32.3 Å². The number of amides is 1. The summed E-state index contributed by atoms with van der Waals surface area (Å²) in [7, 11) is -1.97. The lowest BCUT2D eigenvalue weighted by atomic mass is 10.1. The Hall–Kier alpha value is -2.93. The summed E-state index contributed by atoms with van der Waals surface area (Å²) in [6.07, 6.45) is 1.48. The third kappa shape index (κ3) is 4.00. The maximum atomic E-state index is 12.3. The fourth-order valence-corrected chi connectivity index (χ4v) is 3.83. The molecule has 1 heterocycles. The van der Waals surface area contributed by atoms with Crippen molar-refractivity contribution in [1.29, 1.82) is 0 Å². The van der Waals surface area contributed by atoms with Gasteiger partial charge in [0.05, 0.1) is 29.0 Å². The van der Waals surface area contributed by atoms with Crippen LogP contribution in [-0.2, 0) is 14.6 Å². The van der Waals surface area contributed by atoms with E-state index >= 15 is 0 Å². The van der Waals surface area contributed by atoms with E-state index in [4.69, 9.17) is 4.74 Å². The van der Waals surface area contributed by atoms with Crippen LogP contribution in [0.2, 0.25) is 0 Å². The Morgan fingerprint density at radius 2 is 1.88 bits per heavy atom. The molecule has 0 spiro atoms. The van der Waals surface area contributed by atoms with Gasteiger partial charge in [-0.2, -0.15) is 0 Å². The highest BCUT2D eigenvalue weighted by Crippen LogP contribution is 2.27. The first-order chi connectivity index (χ1) is 12.5. The van der Waals surface area contributed by atoms with E-state index in [0.29, 0.717) is 17.0 Å². The van der Waals surface area contributed by atoms with Gasteiger partial charge in [0, 0.05) is 24.1 Å². The summed E-state index contributed by atoms with van der Waals surface area (Å²) in [6, 6.07) is 15.2. The van der Waals surface area contributed by atoms with E-state index in [-0.39, 0.29) is 17.1 Å². The highest BCUT2D eigenvalue weighted by Gasteiger charge is 2.17. The quantitative estimate of drug-likeness (QED) is 0.721. The summed E-state index contributed by atoms with van der Waals surface area (Å²) < 4.78 is 29.8. The van der Waals surface area contributed by atoms with Crippen molar-refractivity contribution in [2.45, 2.75) is 11.3 Å². The highest BCUT2D eigenvalue weighted by molar-refractivity contribution is 7.91. The maximum Gasteiger partial charge on any atom is 0.225 e. The van der Waals surface area contributed by atoms with Crippen molar-refractivity contribution in [1.82, 2.24) is 4.98 Å². The first-order valence-corrected chi connectivity index (χ1v) is 9.65. The van der Waals surface area contributed by atoms with E-state index in [0.717, 1.165) is 5.39 Å². The van der Waals surface area contributed by atoms with Gasteiger partial charge in [-0.15, -0.1) is 0 Å². The number of fused-ring (bicyclic) bond motifs is 1. The van der Waals surface area contributed by atoms with E-state index in [1.165, 1.54) is 19.2 Å². The largest absolute Gasteiger partial charge is 0.497 e. The second-order valence-electron chi connectivity index (χ2n) is 5.68. The number of rotatable bonds is 6. The summed E-state index contributed by atoms with van der Waals surface area (Å²) in [4.78, 5) is 16.8. The summed E-state index contributed by atoms with van der Waals surface area (Å²) in [5.74, 6) is -0.0829. The fourth-order valence-electron chi connectivity index (χ4n) is 2.56. The molecule has 1 aromatic heterocycles. The molecule has 26 heavy (non-hydrogen) atoms. The van der Waals surface area contributed by atoms with E-state index in [1.54, 1.807) is 36.5 Å². The number of anilines is 1. The number of hydrogen-bond donors (Lipinski definition) is 1. The molecule has 134 valence electrons. The van der Waals surface area contributed by atoms with Crippen molar-refractivity contribution < 1.29 is 17.9 Å². The zero-order chi connectivity index (χ0) is 18.6. The Balaban J connectivity index is 1.76. The van der Waals surface area contributed by atoms with E-state index < -0.39 is 15.7 Å². The number of aromatic nitrogens is 1. The van der Waals surface area contributed by atoms with Gasteiger partial charge >= 0.3 is 0 Å². The second kappa shape index (κ2) is 7.53. The second-order valence-corrected chi connectivity index (χ2v) is 7.79. The minimum Gasteiger partial charge on any atom is -0.497 e. The van der Waals surface area contributed by atoms with Gasteiger partial charge in [0.25, 0.3) is 0 Å². The molecule has 0 radical (unpaired) electrons. The van der Waals surface area contributed by atoms with Crippen LogP contribution in [0.4, 0.5) is 5.69 Å². The van der Waals surface area contributed by atoms with Crippen molar-refractivity contribution in [2.24, 2.45) is 0 Å². The maximum absolute atomic E-state index is 12.3. The number of nitrogens with one attached hydrogen (secondary N) is 1. The lowest BCUT2D eigenvalue weighted by Crippen LogP contribution is -2.17. The molecule has 0 aliphatic rings. The number of hydrogen-bond acceptors (Lipinski definition) is 5.